The summed E-state index contributed by atoms with van der Waals surface area (Å²) in [5, 5.41) is 0.570. The van der Waals surface area contributed by atoms with E-state index in [0.717, 1.165) is 36.3 Å². The predicted molar refractivity (Wildman–Crippen MR) is 109 cm³/mol. The average molecular weight is 369 g/mol. The van der Waals surface area contributed by atoms with E-state index in [-0.39, 0.29) is 6.23 Å². The Morgan fingerprint density at radius 2 is 1.81 bits per heavy atom. The number of hydrogen-bond acceptors (Lipinski definition) is 3. The number of methoxy groups -OCH3 is 1. The minimum absolute atomic E-state index is 0.284. The number of unbranched alkanes of at least 4 members (excludes halogenated alkanes) is 1. The summed E-state index contributed by atoms with van der Waals surface area (Å²) in [5.41, 5.74) is 3.17. The van der Waals surface area contributed by atoms with Gasteiger partial charge in [-0.25, -0.2) is 0 Å². The first-order valence-electron chi connectivity index (χ1n) is 8.89. The van der Waals surface area contributed by atoms with E-state index in [1.54, 1.807) is 7.11 Å². The zero-order valence-electron chi connectivity index (χ0n) is 15.4. The lowest BCUT2D eigenvalue weighted by Crippen LogP contribution is -2.40. The maximum atomic E-state index is 6.30. The third kappa shape index (κ3) is 4.05. The number of thiocarbonyl (C=S) groups is 1. The molecule has 136 valence electrons. The van der Waals surface area contributed by atoms with Crippen molar-refractivity contribution in [3.63, 3.8) is 0 Å². The van der Waals surface area contributed by atoms with E-state index >= 15 is 0 Å². The van der Waals surface area contributed by atoms with E-state index in [2.05, 4.69) is 35.9 Å². The van der Waals surface area contributed by atoms with E-state index < -0.39 is 0 Å². The van der Waals surface area contributed by atoms with Crippen molar-refractivity contribution in [3.05, 3.63) is 65.2 Å². The molecule has 4 nitrogen and oxygen atoms in total. The van der Waals surface area contributed by atoms with E-state index in [0.29, 0.717) is 11.0 Å². The molecular weight excluding hydrogens is 344 g/mol. The second-order valence-corrected chi connectivity index (χ2v) is 6.72. The summed E-state index contributed by atoms with van der Waals surface area (Å²) < 4.78 is 11.6. The lowest BCUT2D eigenvalue weighted by Gasteiger charge is -2.36. The highest BCUT2D eigenvalue weighted by Crippen LogP contribution is 2.30. The summed E-state index contributed by atoms with van der Waals surface area (Å²) in [4.78, 5) is 6.61. The van der Waals surface area contributed by atoms with Crippen LogP contribution >= 0.6 is 12.2 Å². The molecule has 0 N–H and O–H groups in total. The van der Waals surface area contributed by atoms with Crippen molar-refractivity contribution >= 4 is 23.2 Å². The molecular formula is C21H24N2O2S. The quantitative estimate of drug-likeness (QED) is 0.682. The third-order valence-corrected chi connectivity index (χ3v) is 4.73. The molecule has 1 atom stereocenters. The van der Waals surface area contributed by atoms with Crippen LogP contribution in [0.4, 0.5) is 0 Å². The van der Waals surface area contributed by atoms with Crippen molar-refractivity contribution < 1.29 is 9.47 Å². The second kappa shape index (κ2) is 8.32. The van der Waals surface area contributed by atoms with Crippen molar-refractivity contribution in [2.45, 2.75) is 32.9 Å². The number of nitrogens with zero attached hydrogens (tertiary/aromatic N) is 2. The lowest BCUT2D eigenvalue weighted by molar-refractivity contribution is 0.0577. The monoisotopic (exact) mass is 368 g/mol. The van der Waals surface area contributed by atoms with Crippen LogP contribution in [0.15, 0.2) is 53.5 Å². The van der Waals surface area contributed by atoms with Gasteiger partial charge in [0.05, 0.1) is 7.11 Å². The van der Waals surface area contributed by atoms with Gasteiger partial charge in [-0.1, -0.05) is 31.0 Å². The normalized spacial score (nSPS) is 16.9. The van der Waals surface area contributed by atoms with Crippen molar-refractivity contribution in [3.8, 4) is 5.75 Å². The Hall–Kier alpha value is -2.40. The zero-order chi connectivity index (χ0) is 18.5. The largest absolute Gasteiger partial charge is 0.497 e. The fraction of sp³-hybridized carbons (Fsp3) is 0.333. The highest BCUT2D eigenvalue weighted by molar-refractivity contribution is 7.80. The van der Waals surface area contributed by atoms with Crippen LogP contribution in [0.25, 0.3) is 0 Å². The van der Waals surface area contributed by atoms with E-state index in [4.69, 9.17) is 21.7 Å². The van der Waals surface area contributed by atoms with Crippen LogP contribution in [0, 0.1) is 6.92 Å². The summed E-state index contributed by atoms with van der Waals surface area (Å²) >= 11 is 5.60. The van der Waals surface area contributed by atoms with Gasteiger partial charge in [-0.05, 0) is 62.0 Å². The standard InChI is InChI=1S/C21H24N2O2S/c1-4-5-14-23-20(17-10-12-18(24-3)13-11-17)25-19(22-21(23)26)16-8-6-15(2)7-9-16/h6-13,20H,4-5,14H2,1-3H3. The van der Waals surface area contributed by atoms with E-state index in [1.165, 1.54) is 5.56 Å². The van der Waals surface area contributed by atoms with Gasteiger partial charge in [0.15, 0.2) is 0 Å². The SMILES string of the molecule is CCCCN1C(=S)N=C(c2ccc(C)cc2)OC1c1ccc(OC)cc1. The summed E-state index contributed by atoms with van der Waals surface area (Å²) in [5.74, 6) is 1.39. The van der Waals surface area contributed by atoms with Crippen LogP contribution in [0.2, 0.25) is 0 Å². The third-order valence-electron chi connectivity index (χ3n) is 4.40. The lowest BCUT2D eigenvalue weighted by atomic mass is 10.1. The topological polar surface area (TPSA) is 34.1 Å². The predicted octanol–water partition coefficient (Wildman–Crippen LogP) is 4.87. The summed E-state index contributed by atoms with van der Waals surface area (Å²) in [6.45, 7) is 5.04. The molecule has 0 aliphatic carbocycles. The first-order chi connectivity index (χ1) is 12.6. The molecule has 0 saturated heterocycles. The summed E-state index contributed by atoms with van der Waals surface area (Å²) in [6, 6.07) is 16.1. The Morgan fingerprint density at radius 3 is 2.42 bits per heavy atom. The number of aliphatic imine (C=N–C) groups is 1. The fourth-order valence-corrected chi connectivity index (χ4v) is 3.10. The maximum Gasteiger partial charge on any atom is 0.225 e. The molecule has 0 bridgehead atoms. The zero-order valence-corrected chi connectivity index (χ0v) is 16.3. The molecule has 1 heterocycles. The van der Waals surface area contributed by atoms with Gasteiger partial charge in [-0.15, -0.1) is 0 Å². The molecule has 2 aromatic carbocycles. The summed E-state index contributed by atoms with van der Waals surface area (Å²) in [6.07, 6.45) is 1.84. The number of benzene rings is 2. The smallest absolute Gasteiger partial charge is 0.225 e. The number of hydrogen-bond donors (Lipinski definition) is 0. The molecule has 0 saturated carbocycles. The Kier molecular flexibility index (Phi) is 5.89. The maximum absolute atomic E-state index is 6.30. The number of rotatable bonds is 6. The van der Waals surface area contributed by atoms with Crippen molar-refractivity contribution in [2.75, 3.05) is 13.7 Å². The number of ether oxygens (including phenoxy) is 2. The molecule has 0 aromatic heterocycles. The van der Waals surface area contributed by atoms with Crippen molar-refractivity contribution in [1.29, 1.82) is 0 Å². The summed E-state index contributed by atoms with van der Waals surface area (Å²) in [7, 11) is 1.66. The molecule has 0 fully saturated rings. The first kappa shape index (κ1) is 18.4. The van der Waals surface area contributed by atoms with Crippen LogP contribution in [-0.2, 0) is 4.74 Å². The van der Waals surface area contributed by atoms with E-state index in [1.807, 2.05) is 36.4 Å². The Morgan fingerprint density at radius 1 is 1.12 bits per heavy atom. The minimum atomic E-state index is -0.284. The van der Waals surface area contributed by atoms with Crippen LogP contribution in [0.3, 0.4) is 0 Å². The Labute approximate surface area is 160 Å². The van der Waals surface area contributed by atoms with Gasteiger partial charge in [0.2, 0.25) is 17.2 Å². The van der Waals surface area contributed by atoms with Gasteiger partial charge in [-0.2, -0.15) is 4.99 Å². The molecule has 5 heteroatoms. The Bertz CT molecular complexity index is 785. The average Bonchev–Trinajstić information content (AvgIpc) is 2.67. The van der Waals surface area contributed by atoms with Crippen LogP contribution in [0.5, 0.6) is 5.75 Å². The van der Waals surface area contributed by atoms with Gasteiger partial charge in [0, 0.05) is 17.7 Å². The van der Waals surface area contributed by atoms with Crippen LogP contribution in [0.1, 0.15) is 42.7 Å². The molecule has 1 aliphatic rings. The molecule has 0 spiro atoms. The van der Waals surface area contributed by atoms with Gasteiger partial charge < -0.3 is 14.4 Å². The van der Waals surface area contributed by atoms with Crippen molar-refractivity contribution in [1.82, 2.24) is 4.90 Å². The van der Waals surface area contributed by atoms with Crippen LogP contribution < -0.4 is 4.74 Å². The number of aryl methyl sites for hydroxylation is 1. The molecule has 26 heavy (non-hydrogen) atoms. The highest BCUT2D eigenvalue weighted by Gasteiger charge is 2.30. The molecule has 1 aliphatic heterocycles. The molecule has 3 rings (SSSR count). The first-order valence-corrected chi connectivity index (χ1v) is 9.30. The molecule has 1 unspecified atom stereocenters. The van der Waals surface area contributed by atoms with Crippen LogP contribution in [-0.4, -0.2) is 29.6 Å². The Balaban J connectivity index is 1.93. The highest BCUT2D eigenvalue weighted by atomic mass is 32.1. The second-order valence-electron chi connectivity index (χ2n) is 6.36. The minimum Gasteiger partial charge on any atom is -0.497 e. The van der Waals surface area contributed by atoms with E-state index in [9.17, 15) is 0 Å². The molecule has 2 aromatic rings. The van der Waals surface area contributed by atoms with Gasteiger partial charge in [0.1, 0.15) is 5.75 Å². The van der Waals surface area contributed by atoms with Gasteiger partial charge in [-0.3, -0.25) is 0 Å². The molecule has 0 amide bonds. The fourth-order valence-electron chi connectivity index (χ4n) is 2.83. The molecule has 0 radical (unpaired) electrons. The van der Waals surface area contributed by atoms with Gasteiger partial charge >= 0.3 is 0 Å². The van der Waals surface area contributed by atoms with Gasteiger partial charge in [0.25, 0.3) is 0 Å². The van der Waals surface area contributed by atoms with Crippen molar-refractivity contribution in [2.24, 2.45) is 4.99 Å².